The molecule has 1 N–H and O–H groups in total. The molecule has 0 radical (unpaired) electrons. The molecule has 0 amide bonds. The number of nitrogens with zero attached hydrogens (tertiary/aromatic N) is 1. The molecule has 1 aromatic rings. The summed E-state index contributed by atoms with van der Waals surface area (Å²) >= 11 is 1.78. The molecule has 1 aromatic heterocycles. The molecule has 0 saturated carbocycles. The first-order valence-corrected chi connectivity index (χ1v) is 7.58. The van der Waals surface area contributed by atoms with Crippen LogP contribution in [-0.2, 0) is 11.3 Å². The smallest absolute Gasteiger partial charge is 0.0531 e. The second-order valence-electron chi connectivity index (χ2n) is 5.49. The molecule has 1 saturated heterocycles. The highest BCUT2D eigenvalue weighted by molar-refractivity contribution is 7.07. The van der Waals surface area contributed by atoms with Gasteiger partial charge in [-0.2, -0.15) is 11.3 Å². The molecule has 1 aliphatic rings. The number of ether oxygens (including phenoxy) is 1. The maximum absolute atomic E-state index is 5.47. The summed E-state index contributed by atoms with van der Waals surface area (Å²) in [6.07, 6.45) is 2.43. The van der Waals surface area contributed by atoms with E-state index in [0.717, 1.165) is 32.8 Å². The van der Waals surface area contributed by atoms with E-state index in [2.05, 4.69) is 34.1 Å². The van der Waals surface area contributed by atoms with E-state index in [1.807, 2.05) is 7.11 Å². The minimum absolute atomic E-state index is 0.338. The van der Waals surface area contributed by atoms with Gasteiger partial charge >= 0.3 is 0 Å². The number of hydrogen-bond donors (Lipinski definition) is 1. The quantitative estimate of drug-likeness (QED) is 0.856. The Hall–Kier alpha value is -0.420. The molecule has 1 aliphatic heterocycles. The minimum Gasteiger partial charge on any atom is -0.384 e. The van der Waals surface area contributed by atoms with Gasteiger partial charge < -0.3 is 15.0 Å². The molecular formula is C14H24N2OS. The third kappa shape index (κ3) is 3.79. The maximum atomic E-state index is 5.47. The number of thiophene rings is 1. The Bertz CT molecular complexity index is 328. The Labute approximate surface area is 114 Å². The monoisotopic (exact) mass is 268 g/mol. The molecule has 3 nitrogen and oxygen atoms in total. The Morgan fingerprint density at radius 2 is 2.22 bits per heavy atom. The average Bonchev–Trinajstić information content (AvgIpc) is 2.83. The van der Waals surface area contributed by atoms with Gasteiger partial charge in [-0.3, -0.25) is 0 Å². The topological polar surface area (TPSA) is 24.5 Å². The molecule has 18 heavy (non-hydrogen) atoms. The first-order chi connectivity index (χ1) is 8.74. The summed E-state index contributed by atoms with van der Waals surface area (Å²) in [5, 5.41) is 7.83. The summed E-state index contributed by atoms with van der Waals surface area (Å²) in [7, 11) is 4.04. The highest BCUT2D eigenvalue weighted by atomic mass is 32.1. The number of rotatable bonds is 6. The first-order valence-electron chi connectivity index (χ1n) is 6.63. The fourth-order valence-electron chi connectivity index (χ4n) is 2.93. The van der Waals surface area contributed by atoms with Gasteiger partial charge in [-0.15, -0.1) is 0 Å². The third-order valence-electron chi connectivity index (χ3n) is 3.75. The van der Waals surface area contributed by atoms with Crippen LogP contribution in [-0.4, -0.2) is 45.3 Å². The van der Waals surface area contributed by atoms with Crippen molar-refractivity contribution in [2.75, 3.05) is 40.4 Å². The van der Waals surface area contributed by atoms with E-state index in [4.69, 9.17) is 4.74 Å². The predicted molar refractivity (Wildman–Crippen MR) is 77.1 cm³/mol. The SMILES string of the molecule is COCC1(CN(C)Cc2ccsc2)CCNCC1. The minimum atomic E-state index is 0.338. The van der Waals surface area contributed by atoms with Crippen LogP contribution in [0.5, 0.6) is 0 Å². The van der Waals surface area contributed by atoms with Crippen LogP contribution in [0.4, 0.5) is 0 Å². The second-order valence-corrected chi connectivity index (χ2v) is 6.27. The zero-order chi connectivity index (χ0) is 12.8. The van der Waals surface area contributed by atoms with Gasteiger partial charge in [0.15, 0.2) is 0 Å². The van der Waals surface area contributed by atoms with Gasteiger partial charge in [0.1, 0.15) is 0 Å². The predicted octanol–water partition coefficient (Wildman–Crippen LogP) is 2.20. The fourth-order valence-corrected chi connectivity index (χ4v) is 3.59. The van der Waals surface area contributed by atoms with Crippen molar-refractivity contribution in [3.8, 4) is 0 Å². The van der Waals surface area contributed by atoms with Crippen LogP contribution in [0.25, 0.3) is 0 Å². The lowest BCUT2D eigenvalue weighted by Crippen LogP contribution is -2.46. The maximum Gasteiger partial charge on any atom is 0.0531 e. The van der Waals surface area contributed by atoms with Gasteiger partial charge in [0.25, 0.3) is 0 Å². The molecule has 0 atom stereocenters. The first kappa shape index (κ1) is 14.0. The van der Waals surface area contributed by atoms with E-state index < -0.39 is 0 Å². The molecule has 4 heteroatoms. The Kier molecular flexibility index (Phi) is 5.18. The highest BCUT2D eigenvalue weighted by Crippen LogP contribution is 2.30. The van der Waals surface area contributed by atoms with Gasteiger partial charge in [-0.1, -0.05) is 0 Å². The van der Waals surface area contributed by atoms with Crippen molar-refractivity contribution in [3.63, 3.8) is 0 Å². The molecule has 2 heterocycles. The highest BCUT2D eigenvalue weighted by Gasteiger charge is 2.33. The van der Waals surface area contributed by atoms with Gasteiger partial charge in [-0.25, -0.2) is 0 Å². The van der Waals surface area contributed by atoms with E-state index in [-0.39, 0.29) is 0 Å². The van der Waals surface area contributed by atoms with Crippen molar-refractivity contribution < 1.29 is 4.74 Å². The molecular weight excluding hydrogens is 244 g/mol. The van der Waals surface area contributed by atoms with Gasteiger partial charge in [-0.05, 0) is 55.4 Å². The van der Waals surface area contributed by atoms with E-state index in [9.17, 15) is 0 Å². The van der Waals surface area contributed by atoms with Gasteiger partial charge in [0.2, 0.25) is 0 Å². The van der Waals surface area contributed by atoms with Crippen molar-refractivity contribution in [1.29, 1.82) is 0 Å². The molecule has 0 spiro atoms. The third-order valence-corrected chi connectivity index (χ3v) is 4.48. The number of nitrogens with one attached hydrogen (secondary N) is 1. The van der Waals surface area contributed by atoms with Crippen molar-refractivity contribution in [2.45, 2.75) is 19.4 Å². The van der Waals surface area contributed by atoms with Crippen molar-refractivity contribution in [1.82, 2.24) is 10.2 Å². The standard InChI is InChI=1S/C14H24N2OS/c1-16(9-13-3-8-18-10-13)11-14(12-17-2)4-6-15-7-5-14/h3,8,10,15H,4-7,9,11-12H2,1-2H3. The van der Waals surface area contributed by atoms with Crippen LogP contribution in [0.2, 0.25) is 0 Å². The summed E-state index contributed by atoms with van der Waals surface area (Å²) in [5.74, 6) is 0. The summed E-state index contributed by atoms with van der Waals surface area (Å²) in [6.45, 7) is 5.29. The molecule has 1 fully saturated rings. The summed E-state index contributed by atoms with van der Waals surface area (Å²) in [5.41, 5.74) is 1.76. The largest absolute Gasteiger partial charge is 0.384 e. The molecule has 0 aliphatic carbocycles. The zero-order valence-electron chi connectivity index (χ0n) is 11.4. The zero-order valence-corrected chi connectivity index (χ0v) is 12.3. The van der Waals surface area contributed by atoms with Crippen LogP contribution < -0.4 is 5.32 Å². The molecule has 2 rings (SSSR count). The number of methoxy groups -OCH3 is 1. The van der Waals surface area contributed by atoms with E-state index >= 15 is 0 Å². The van der Waals surface area contributed by atoms with Crippen LogP contribution in [0.15, 0.2) is 16.8 Å². The van der Waals surface area contributed by atoms with Crippen LogP contribution in [0.3, 0.4) is 0 Å². The van der Waals surface area contributed by atoms with Gasteiger partial charge in [0.05, 0.1) is 6.61 Å². The van der Waals surface area contributed by atoms with Crippen LogP contribution >= 0.6 is 11.3 Å². The van der Waals surface area contributed by atoms with E-state index in [1.54, 1.807) is 11.3 Å². The molecule has 0 aromatic carbocycles. The molecule has 0 unspecified atom stereocenters. The van der Waals surface area contributed by atoms with E-state index in [0.29, 0.717) is 5.41 Å². The van der Waals surface area contributed by atoms with E-state index in [1.165, 1.54) is 18.4 Å². The number of hydrogen-bond acceptors (Lipinski definition) is 4. The summed E-state index contributed by atoms with van der Waals surface area (Å²) in [6, 6.07) is 2.21. The van der Waals surface area contributed by atoms with Crippen molar-refractivity contribution in [3.05, 3.63) is 22.4 Å². The fraction of sp³-hybridized carbons (Fsp3) is 0.714. The summed E-state index contributed by atoms with van der Waals surface area (Å²) in [4.78, 5) is 2.44. The van der Waals surface area contributed by atoms with Crippen molar-refractivity contribution in [2.24, 2.45) is 5.41 Å². The second kappa shape index (κ2) is 6.66. The Balaban J connectivity index is 1.91. The summed E-state index contributed by atoms with van der Waals surface area (Å²) < 4.78 is 5.47. The normalized spacial score (nSPS) is 19.3. The van der Waals surface area contributed by atoms with Crippen LogP contribution in [0, 0.1) is 5.41 Å². The average molecular weight is 268 g/mol. The molecule has 102 valence electrons. The lowest BCUT2D eigenvalue weighted by atomic mass is 9.79. The van der Waals surface area contributed by atoms with Crippen LogP contribution in [0.1, 0.15) is 18.4 Å². The Morgan fingerprint density at radius 3 is 2.83 bits per heavy atom. The lowest BCUT2D eigenvalue weighted by molar-refractivity contribution is 0.0269. The lowest BCUT2D eigenvalue weighted by Gasteiger charge is -2.40. The number of piperidine rings is 1. The Morgan fingerprint density at radius 1 is 1.44 bits per heavy atom. The van der Waals surface area contributed by atoms with Crippen molar-refractivity contribution >= 4 is 11.3 Å². The van der Waals surface area contributed by atoms with Gasteiger partial charge in [0, 0.05) is 25.6 Å². The molecule has 0 bridgehead atoms.